The van der Waals surface area contributed by atoms with E-state index >= 15 is 0 Å². The van der Waals surface area contributed by atoms with Gasteiger partial charge in [0.05, 0.1) is 0 Å². The maximum atomic E-state index is 12.8. The van der Waals surface area contributed by atoms with Gasteiger partial charge in [-0.1, -0.05) is 11.6 Å². The predicted octanol–water partition coefficient (Wildman–Crippen LogP) is 4.81. The van der Waals surface area contributed by atoms with Crippen molar-refractivity contribution in [1.29, 1.82) is 0 Å². The molecule has 2 rings (SSSR count). The van der Waals surface area contributed by atoms with Crippen LogP contribution in [0, 0.1) is 12.3 Å². The molecule has 0 unspecified atom stereocenters. The molecule has 0 saturated heterocycles. The molecule has 0 heterocycles. The summed E-state index contributed by atoms with van der Waals surface area (Å²) in [6.07, 6.45) is 7.93. The molecule has 0 saturated carbocycles. The SMILES string of the molecule is CCN(CC)c1ccc(NC(=O)C(C)(C)C(=O)NCCC2=CCCCC2)c(C)c1. The van der Waals surface area contributed by atoms with Crippen molar-refractivity contribution in [3.05, 3.63) is 35.4 Å². The van der Waals surface area contributed by atoms with E-state index in [1.54, 1.807) is 13.8 Å². The highest BCUT2D eigenvalue weighted by molar-refractivity contribution is 6.10. The van der Waals surface area contributed by atoms with Crippen LogP contribution in [-0.4, -0.2) is 31.4 Å². The van der Waals surface area contributed by atoms with Crippen molar-refractivity contribution in [2.45, 2.75) is 66.7 Å². The zero-order valence-corrected chi connectivity index (χ0v) is 18.7. The lowest BCUT2D eigenvalue weighted by atomic mass is 9.90. The van der Waals surface area contributed by atoms with Gasteiger partial charge in [0, 0.05) is 31.0 Å². The second-order valence-electron chi connectivity index (χ2n) is 8.36. The van der Waals surface area contributed by atoms with Gasteiger partial charge in [0.25, 0.3) is 0 Å². The highest BCUT2D eigenvalue weighted by Crippen LogP contribution is 2.25. The second-order valence-corrected chi connectivity index (χ2v) is 8.36. The van der Waals surface area contributed by atoms with Crippen LogP contribution in [0.1, 0.15) is 65.4 Å². The first-order chi connectivity index (χ1) is 13.8. The molecule has 0 aromatic heterocycles. The van der Waals surface area contributed by atoms with Crippen LogP contribution in [0.5, 0.6) is 0 Å². The molecule has 0 fully saturated rings. The van der Waals surface area contributed by atoms with Gasteiger partial charge in [0.1, 0.15) is 5.41 Å². The third kappa shape index (κ3) is 6.09. The topological polar surface area (TPSA) is 61.4 Å². The molecule has 2 N–H and O–H groups in total. The summed E-state index contributed by atoms with van der Waals surface area (Å²) in [6.45, 7) is 12.0. The van der Waals surface area contributed by atoms with Crippen LogP contribution in [0.2, 0.25) is 0 Å². The van der Waals surface area contributed by atoms with E-state index in [0.29, 0.717) is 6.54 Å². The van der Waals surface area contributed by atoms with Crippen LogP contribution >= 0.6 is 0 Å². The van der Waals surface area contributed by atoms with Crippen LogP contribution in [0.15, 0.2) is 29.8 Å². The fourth-order valence-corrected chi connectivity index (χ4v) is 3.64. The molecule has 1 aromatic rings. The first kappa shape index (κ1) is 23.0. The predicted molar refractivity (Wildman–Crippen MR) is 121 cm³/mol. The molecular weight excluding hydrogens is 362 g/mol. The summed E-state index contributed by atoms with van der Waals surface area (Å²) in [4.78, 5) is 27.7. The van der Waals surface area contributed by atoms with Crippen molar-refractivity contribution in [1.82, 2.24) is 5.32 Å². The Kier molecular flexibility index (Phi) is 8.30. The fourth-order valence-electron chi connectivity index (χ4n) is 3.64. The van der Waals surface area contributed by atoms with Crippen molar-refractivity contribution >= 4 is 23.2 Å². The van der Waals surface area contributed by atoms with E-state index in [0.717, 1.165) is 49.3 Å². The number of nitrogens with one attached hydrogen (secondary N) is 2. The van der Waals surface area contributed by atoms with Gasteiger partial charge in [-0.15, -0.1) is 0 Å². The quantitative estimate of drug-likeness (QED) is 0.463. The molecule has 0 radical (unpaired) electrons. The summed E-state index contributed by atoms with van der Waals surface area (Å²) in [5.74, 6) is -0.519. The molecule has 1 aromatic carbocycles. The Bertz CT molecular complexity index is 748. The smallest absolute Gasteiger partial charge is 0.239 e. The van der Waals surface area contributed by atoms with Gasteiger partial charge < -0.3 is 15.5 Å². The van der Waals surface area contributed by atoms with Crippen molar-refractivity contribution < 1.29 is 9.59 Å². The zero-order valence-electron chi connectivity index (χ0n) is 18.7. The molecule has 0 bridgehead atoms. The molecule has 5 heteroatoms. The summed E-state index contributed by atoms with van der Waals surface area (Å²) in [5.41, 5.74) is 3.16. The Balaban J connectivity index is 1.95. The monoisotopic (exact) mass is 399 g/mol. The number of hydrogen-bond acceptors (Lipinski definition) is 3. The first-order valence-corrected chi connectivity index (χ1v) is 10.9. The second kappa shape index (κ2) is 10.5. The van der Waals surface area contributed by atoms with E-state index in [4.69, 9.17) is 0 Å². The number of allylic oxidation sites excluding steroid dienone is 1. The fraction of sp³-hybridized carbons (Fsp3) is 0.583. The summed E-state index contributed by atoms with van der Waals surface area (Å²) in [6, 6.07) is 6.01. The van der Waals surface area contributed by atoms with Gasteiger partial charge in [0.15, 0.2) is 0 Å². The molecule has 0 spiro atoms. The van der Waals surface area contributed by atoms with Crippen LogP contribution < -0.4 is 15.5 Å². The number of carbonyl (C=O) groups excluding carboxylic acids is 2. The molecule has 0 aliphatic heterocycles. The summed E-state index contributed by atoms with van der Waals surface area (Å²) in [7, 11) is 0. The third-order valence-corrected chi connectivity index (χ3v) is 5.84. The van der Waals surface area contributed by atoms with Crippen molar-refractivity contribution in [3.8, 4) is 0 Å². The van der Waals surface area contributed by atoms with Crippen LogP contribution in [0.25, 0.3) is 0 Å². The maximum absolute atomic E-state index is 12.8. The number of anilines is 2. The van der Waals surface area contributed by atoms with E-state index < -0.39 is 5.41 Å². The Morgan fingerprint density at radius 2 is 1.83 bits per heavy atom. The maximum Gasteiger partial charge on any atom is 0.239 e. The van der Waals surface area contributed by atoms with Crippen LogP contribution in [-0.2, 0) is 9.59 Å². The number of aryl methyl sites for hydroxylation is 1. The van der Waals surface area contributed by atoms with Crippen LogP contribution in [0.3, 0.4) is 0 Å². The summed E-state index contributed by atoms with van der Waals surface area (Å²) >= 11 is 0. The highest BCUT2D eigenvalue weighted by atomic mass is 16.2. The van der Waals surface area contributed by atoms with Gasteiger partial charge in [-0.3, -0.25) is 9.59 Å². The van der Waals surface area contributed by atoms with E-state index in [1.807, 2.05) is 19.1 Å². The number of amides is 2. The standard InChI is InChI=1S/C24H37N3O2/c1-6-27(7-2)20-13-14-21(18(3)17-20)26-23(29)24(4,5)22(28)25-16-15-19-11-9-8-10-12-19/h11,13-14,17H,6-10,12,15-16H2,1-5H3,(H,25,28)(H,26,29). The Morgan fingerprint density at radius 1 is 1.10 bits per heavy atom. The summed E-state index contributed by atoms with van der Waals surface area (Å²) < 4.78 is 0. The minimum Gasteiger partial charge on any atom is -0.372 e. The molecule has 5 nitrogen and oxygen atoms in total. The number of carbonyl (C=O) groups is 2. The molecule has 1 aliphatic rings. The number of nitrogens with zero attached hydrogens (tertiary/aromatic N) is 1. The Labute approximate surface area is 175 Å². The number of benzene rings is 1. The van der Waals surface area contributed by atoms with Gasteiger partial charge in [-0.25, -0.2) is 0 Å². The molecular formula is C24H37N3O2. The molecule has 0 atom stereocenters. The average molecular weight is 400 g/mol. The minimum absolute atomic E-state index is 0.233. The van der Waals surface area contributed by atoms with E-state index in [-0.39, 0.29) is 11.8 Å². The van der Waals surface area contributed by atoms with E-state index in [1.165, 1.54) is 18.4 Å². The van der Waals surface area contributed by atoms with E-state index in [9.17, 15) is 9.59 Å². The van der Waals surface area contributed by atoms with Gasteiger partial charge >= 0.3 is 0 Å². The third-order valence-electron chi connectivity index (χ3n) is 5.84. The lowest BCUT2D eigenvalue weighted by Crippen LogP contribution is -2.45. The zero-order chi connectivity index (χ0) is 21.4. The lowest BCUT2D eigenvalue weighted by molar-refractivity contribution is -0.138. The van der Waals surface area contributed by atoms with Gasteiger partial charge in [0.2, 0.25) is 11.8 Å². The van der Waals surface area contributed by atoms with Gasteiger partial charge in [-0.05, 0) is 90.5 Å². The average Bonchev–Trinajstić information content (AvgIpc) is 2.71. The Hall–Kier alpha value is -2.30. The van der Waals surface area contributed by atoms with Crippen LogP contribution in [0.4, 0.5) is 11.4 Å². The molecule has 29 heavy (non-hydrogen) atoms. The van der Waals surface area contributed by atoms with E-state index in [2.05, 4.69) is 41.5 Å². The summed E-state index contributed by atoms with van der Waals surface area (Å²) in [5, 5.41) is 5.89. The molecule has 2 amide bonds. The highest BCUT2D eigenvalue weighted by Gasteiger charge is 2.36. The minimum atomic E-state index is -1.13. The Morgan fingerprint density at radius 3 is 2.41 bits per heavy atom. The molecule has 160 valence electrons. The molecule has 1 aliphatic carbocycles. The van der Waals surface area contributed by atoms with Crippen molar-refractivity contribution in [2.75, 3.05) is 29.9 Å². The number of rotatable bonds is 9. The van der Waals surface area contributed by atoms with Crippen molar-refractivity contribution in [3.63, 3.8) is 0 Å². The largest absolute Gasteiger partial charge is 0.372 e. The normalized spacial score (nSPS) is 14.2. The number of hydrogen-bond donors (Lipinski definition) is 2. The van der Waals surface area contributed by atoms with Gasteiger partial charge in [-0.2, -0.15) is 0 Å². The van der Waals surface area contributed by atoms with Crippen molar-refractivity contribution in [2.24, 2.45) is 5.41 Å². The first-order valence-electron chi connectivity index (χ1n) is 10.9. The lowest BCUT2D eigenvalue weighted by Gasteiger charge is -2.25.